The van der Waals surface area contributed by atoms with Crippen LogP contribution in [0.1, 0.15) is 19.8 Å². The summed E-state index contributed by atoms with van der Waals surface area (Å²) < 4.78 is 29.2. The van der Waals surface area contributed by atoms with E-state index in [-0.39, 0.29) is 52.3 Å². The van der Waals surface area contributed by atoms with Crippen LogP contribution in [0.15, 0.2) is 29.1 Å². The van der Waals surface area contributed by atoms with E-state index in [1.54, 1.807) is 38.2 Å². The third kappa shape index (κ3) is 6.85. The molecule has 2 amide bonds. The lowest BCUT2D eigenvalue weighted by Crippen LogP contribution is -2.47. The molecule has 12 heteroatoms. The van der Waals surface area contributed by atoms with Crippen LogP contribution in [-0.2, 0) is 16.1 Å². The van der Waals surface area contributed by atoms with Crippen LogP contribution in [0.2, 0.25) is 0 Å². The van der Waals surface area contributed by atoms with Gasteiger partial charge in [0.05, 0.1) is 19.6 Å². The van der Waals surface area contributed by atoms with Crippen LogP contribution in [0, 0.1) is 23.7 Å². The lowest BCUT2D eigenvalue weighted by molar-refractivity contribution is -0.122. The van der Waals surface area contributed by atoms with E-state index in [2.05, 4.69) is 16.6 Å². The van der Waals surface area contributed by atoms with Crippen LogP contribution >= 0.6 is 11.3 Å². The molecule has 3 rings (SSSR count). The molecule has 2 N–H and O–H groups in total. The molecule has 2 heterocycles. The van der Waals surface area contributed by atoms with Crippen molar-refractivity contribution in [2.75, 3.05) is 43.4 Å². The highest BCUT2D eigenvalue weighted by atomic mass is 32.1. The van der Waals surface area contributed by atoms with E-state index in [0.29, 0.717) is 24.3 Å². The Morgan fingerprint density at radius 2 is 2.13 bits per heavy atom. The molecule has 0 unspecified atom stereocenters. The second-order valence-corrected chi connectivity index (χ2v) is 9.69. The predicted octanol–water partition coefficient (Wildman–Crippen LogP) is 0.897. The summed E-state index contributed by atoms with van der Waals surface area (Å²) >= 11 is 0.988. The smallest absolute Gasteiger partial charge is 0.270 e. The molecule has 0 spiro atoms. The standard InChI is InChI=1S/C26H28F2N6O3S/c1-4-11-30-23(36)20(14-29)25-34(5-2)24(37)21(38-25)15-31-18-8-6-9-19(13-18)32(3)22(35)16-33-12-7-10-26(27,28)17-33/h1,6,8-9,13,15,31H,5,7,10-12,16-17H2,2-3H3,(H,30,36). The van der Waals surface area contributed by atoms with Gasteiger partial charge in [-0.05, 0) is 38.1 Å². The molecule has 1 aliphatic rings. The minimum atomic E-state index is -2.79. The van der Waals surface area contributed by atoms with E-state index in [1.807, 2.05) is 6.07 Å². The van der Waals surface area contributed by atoms with Gasteiger partial charge in [-0.3, -0.25) is 23.9 Å². The normalized spacial score (nSPS) is 16.2. The third-order valence-electron chi connectivity index (χ3n) is 5.94. The van der Waals surface area contributed by atoms with E-state index in [1.165, 1.54) is 20.6 Å². The van der Waals surface area contributed by atoms with E-state index >= 15 is 0 Å². The quantitative estimate of drug-likeness (QED) is 0.480. The molecule has 1 saturated heterocycles. The maximum atomic E-state index is 13.7. The van der Waals surface area contributed by atoms with E-state index < -0.39 is 18.4 Å². The van der Waals surface area contributed by atoms with E-state index in [4.69, 9.17) is 6.42 Å². The van der Waals surface area contributed by atoms with Crippen molar-refractivity contribution in [1.82, 2.24) is 14.8 Å². The topological polar surface area (TPSA) is 110 Å². The summed E-state index contributed by atoms with van der Waals surface area (Å²) in [5.74, 6) is -1.51. The number of nitriles is 1. The first-order valence-electron chi connectivity index (χ1n) is 11.9. The summed E-state index contributed by atoms with van der Waals surface area (Å²) in [5.41, 5.74) is 0.525. The first kappa shape index (κ1) is 28.6. The Morgan fingerprint density at radius 1 is 1.37 bits per heavy atom. The number of aromatic nitrogens is 1. The first-order chi connectivity index (χ1) is 18.1. The number of amides is 2. The number of likely N-dealkylation sites (tertiary alicyclic amines) is 1. The van der Waals surface area contributed by atoms with Crippen LogP contribution in [0.3, 0.4) is 0 Å². The predicted molar refractivity (Wildman–Crippen MR) is 143 cm³/mol. The second kappa shape index (κ2) is 12.5. The fourth-order valence-corrected chi connectivity index (χ4v) is 5.07. The number of likely N-dealkylation sites (N-methyl/N-ethyl adjacent to an activating group) is 1. The molecular formula is C26H28F2N6O3S. The van der Waals surface area contributed by atoms with Crippen molar-refractivity contribution in [3.8, 4) is 18.4 Å². The lowest BCUT2D eigenvalue weighted by Gasteiger charge is -2.32. The third-order valence-corrected chi connectivity index (χ3v) is 7.07. The molecule has 2 aromatic rings. The van der Waals surface area contributed by atoms with E-state index in [9.17, 15) is 28.4 Å². The number of terminal acetylenes is 1. The number of hydrogen-bond acceptors (Lipinski definition) is 7. The molecule has 1 fully saturated rings. The first-order valence-corrected chi connectivity index (χ1v) is 12.7. The Labute approximate surface area is 222 Å². The molecule has 0 saturated carbocycles. The van der Waals surface area contributed by atoms with E-state index in [0.717, 1.165) is 11.3 Å². The number of rotatable bonds is 8. The number of anilines is 2. The Balaban J connectivity index is 1.82. The van der Waals surface area contributed by atoms with Gasteiger partial charge in [0.15, 0.2) is 5.57 Å². The largest absolute Gasteiger partial charge is 0.360 e. The fraction of sp³-hybridized carbons (Fsp3) is 0.385. The highest BCUT2D eigenvalue weighted by Gasteiger charge is 2.36. The lowest BCUT2D eigenvalue weighted by atomic mass is 10.1. The second-order valence-electron chi connectivity index (χ2n) is 8.66. The number of nitrogens with one attached hydrogen (secondary N) is 2. The summed E-state index contributed by atoms with van der Waals surface area (Å²) in [5, 5.41) is 15.0. The molecule has 200 valence electrons. The molecule has 1 aliphatic heterocycles. The van der Waals surface area contributed by atoms with Crippen molar-refractivity contribution in [1.29, 1.82) is 5.26 Å². The Bertz CT molecular complexity index is 1470. The number of thiazole rings is 1. The average Bonchev–Trinajstić information content (AvgIpc) is 3.20. The summed E-state index contributed by atoms with van der Waals surface area (Å²) in [6, 6.07) is 8.70. The van der Waals surface area contributed by atoms with Crippen LogP contribution in [0.25, 0.3) is 11.8 Å². The van der Waals surface area contributed by atoms with Crippen molar-refractivity contribution >= 4 is 46.3 Å². The van der Waals surface area contributed by atoms with Crippen LogP contribution in [0.5, 0.6) is 0 Å². The minimum Gasteiger partial charge on any atom is -0.360 e. The summed E-state index contributed by atoms with van der Waals surface area (Å²) in [6.07, 6.45) is 6.80. The van der Waals surface area contributed by atoms with Crippen molar-refractivity contribution in [2.45, 2.75) is 32.2 Å². The van der Waals surface area contributed by atoms with Gasteiger partial charge in [0.2, 0.25) is 5.91 Å². The number of halogens is 2. The van der Waals surface area contributed by atoms with Gasteiger partial charge in [-0.2, -0.15) is 5.26 Å². The van der Waals surface area contributed by atoms with Gasteiger partial charge < -0.3 is 15.5 Å². The summed E-state index contributed by atoms with van der Waals surface area (Å²) in [6.45, 7) is 1.82. The molecule has 0 radical (unpaired) electrons. The van der Waals surface area contributed by atoms with Crippen molar-refractivity contribution in [2.24, 2.45) is 0 Å². The zero-order valence-corrected chi connectivity index (χ0v) is 21.9. The monoisotopic (exact) mass is 542 g/mol. The molecule has 1 aromatic carbocycles. The number of carbonyl (C=O) groups is 2. The van der Waals surface area contributed by atoms with Gasteiger partial charge in [0.1, 0.15) is 15.3 Å². The number of carbonyl (C=O) groups excluding carboxylic acids is 2. The highest BCUT2D eigenvalue weighted by Crippen LogP contribution is 2.26. The van der Waals surface area contributed by atoms with Gasteiger partial charge >= 0.3 is 0 Å². The molecule has 9 nitrogen and oxygen atoms in total. The average molecular weight is 543 g/mol. The SMILES string of the molecule is C#CCNC(=O)C(C#N)=c1sc(=CNc2cccc(N(C)C(=O)CN3CCCC(F)(F)C3)c2)c(=O)n1CC. The molecule has 0 bridgehead atoms. The number of piperidine rings is 1. The van der Waals surface area contributed by atoms with Crippen LogP contribution in [-0.4, -0.2) is 60.4 Å². The Hall–Kier alpha value is -4.00. The zero-order valence-electron chi connectivity index (χ0n) is 21.1. The molecule has 0 atom stereocenters. The van der Waals surface area contributed by atoms with Gasteiger partial charge in [-0.15, -0.1) is 17.8 Å². The summed E-state index contributed by atoms with van der Waals surface area (Å²) in [7, 11) is 1.57. The van der Waals surface area contributed by atoms with Crippen molar-refractivity contribution in [3.63, 3.8) is 0 Å². The fourth-order valence-electron chi connectivity index (χ4n) is 3.98. The van der Waals surface area contributed by atoms with Gasteiger partial charge in [0, 0.05) is 37.6 Å². The molecule has 0 aliphatic carbocycles. The Morgan fingerprint density at radius 3 is 2.79 bits per heavy atom. The molecule has 1 aromatic heterocycles. The summed E-state index contributed by atoms with van der Waals surface area (Å²) in [4.78, 5) is 40.8. The number of benzene rings is 1. The zero-order chi connectivity index (χ0) is 27.9. The maximum absolute atomic E-state index is 13.7. The number of alkyl halides is 2. The van der Waals surface area contributed by atoms with Gasteiger partial charge in [-0.1, -0.05) is 12.0 Å². The molecule has 38 heavy (non-hydrogen) atoms. The van der Waals surface area contributed by atoms with Crippen molar-refractivity contribution < 1.29 is 18.4 Å². The molecular weight excluding hydrogens is 514 g/mol. The number of nitrogens with zero attached hydrogens (tertiary/aromatic N) is 4. The highest BCUT2D eigenvalue weighted by molar-refractivity contribution is 7.07. The van der Waals surface area contributed by atoms with Gasteiger partial charge in [0.25, 0.3) is 17.4 Å². The van der Waals surface area contributed by atoms with Crippen molar-refractivity contribution in [3.05, 3.63) is 43.8 Å². The maximum Gasteiger partial charge on any atom is 0.270 e. The van der Waals surface area contributed by atoms with Crippen LogP contribution < -0.4 is 30.3 Å². The van der Waals surface area contributed by atoms with Gasteiger partial charge in [-0.25, -0.2) is 8.78 Å². The number of hydrogen-bond donors (Lipinski definition) is 2. The minimum absolute atomic E-state index is 0.0515. The van der Waals surface area contributed by atoms with Crippen LogP contribution in [0.4, 0.5) is 20.2 Å². The Kier molecular flexibility index (Phi) is 9.40.